The SMILES string of the molecule is CNC(COC(C)C)CC1Cc2ccccc21. The molecule has 2 unspecified atom stereocenters. The zero-order valence-electron chi connectivity index (χ0n) is 11.1. The molecule has 0 amide bonds. The lowest BCUT2D eigenvalue weighted by molar-refractivity contribution is 0.0591. The van der Waals surface area contributed by atoms with Gasteiger partial charge < -0.3 is 10.1 Å². The molecule has 2 rings (SSSR count). The first-order valence-electron chi connectivity index (χ1n) is 6.57. The fraction of sp³-hybridized carbons (Fsp3) is 0.600. The summed E-state index contributed by atoms with van der Waals surface area (Å²) in [6, 6.07) is 9.25. The summed E-state index contributed by atoms with van der Waals surface area (Å²) in [4.78, 5) is 0. The number of hydrogen-bond acceptors (Lipinski definition) is 2. The summed E-state index contributed by atoms with van der Waals surface area (Å²) in [5, 5.41) is 3.36. The molecule has 0 saturated carbocycles. The quantitative estimate of drug-likeness (QED) is 0.815. The summed E-state index contributed by atoms with van der Waals surface area (Å²) in [7, 11) is 2.03. The smallest absolute Gasteiger partial charge is 0.0623 e. The number of hydrogen-bond donors (Lipinski definition) is 1. The molecular weight excluding hydrogens is 210 g/mol. The average Bonchev–Trinajstić information content (AvgIpc) is 2.29. The lowest BCUT2D eigenvalue weighted by atomic mass is 9.74. The zero-order chi connectivity index (χ0) is 12.3. The van der Waals surface area contributed by atoms with E-state index < -0.39 is 0 Å². The van der Waals surface area contributed by atoms with E-state index in [-0.39, 0.29) is 0 Å². The predicted molar refractivity (Wildman–Crippen MR) is 71.4 cm³/mol. The molecule has 0 saturated heterocycles. The monoisotopic (exact) mass is 233 g/mol. The largest absolute Gasteiger partial charge is 0.377 e. The van der Waals surface area contributed by atoms with E-state index in [9.17, 15) is 0 Å². The Kier molecular flexibility index (Phi) is 4.19. The summed E-state index contributed by atoms with van der Waals surface area (Å²) in [6.07, 6.45) is 2.73. The van der Waals surface area contributed by atoms with E-state index in [1.54, 1.807) is 0 Å². The van der Waals surface area contributed by atoms with Crippen LogP contribution in [0, 0.1) is 0 Å². The topological polar surface area (TPSA) is 21.3 Å². The van der Waals surface area contributed by atoms with Crippen LogP contribution in [0.4, 0.5) is 0 Å². The van der Waals surface area contributed by atoms with Gasteiger partial charge >= 0.3 is 0 Å². The van der Waals surface area contributed by atoms with Crippen molar-refractivity contribution < 1.29 is 4.74 Å². The fourth-order valence-electron chi connectivity index (χ4n) is 2.49. The van der Waals surface area contributed by atoms with Crippen molar-refractivity contribution in [3.63, 3.8) is 0 Å². The molecule has 0 aromatic heterocycles. The molecule has 0 fully saturated rings. The summed E-state index contributed by atoms with van der Waals surface area (Å²) in [5.41, 5.74) is 3.06. The van der Waals surface area contributed by atoms with E-state index in [0.29, 0.717) is 12.1 Å². The van der Waals surface area contributed by atoms with Gasteiger partial charge in [-0.25, -0.2) is 0 Å². The maximum Gasteiger partial charge on any atom is 0.0623 e. The number of rotatable bonds is 6. The van der Waals surface area contributed by atoms with Gasteiger partial charge in [-0.15, -0.1) is 0 Å². The first-order valence-corrected chi connectivity index (χ1v) is 6.57. The third-order valence-corrected chi connectivity index (χ3v) is 3.57. The van der Waals surface area contributed by atoms with E-state index in [4.69, 9.17) is 4.74 Å². The van der Waals surface area contributed by atoms with Crippen molar-refractivity contribution >= 4 is 0 Å². The first kappa shape index (κ1) is 12.6. The number of ether oxygens (including phenoxy) is 1. The molecule has 1 aromatic rings. The Morgan fingerprint density at radius 1 is 1.35 bits per heavy atom. The molecule has 1 N–H and O–H groups in total. The van der Waals surface area contributed by atoms with E-state index in [2.05, 4.69) is 43.4 Å². The molecule has 1 aliphatic carbocycles. The second-order valence-corrected chi connectivity index (χ2v) is 5.20. The number of fused-ring (bicyclic) bond motifs is 1. The normalized spacial score (nSPS) is 19.9. The first-order chi connectivity index (χ1) is 8.20. The Bertz CT molecular complexity index is 362. The van der Waals surface area contributed by atoms with Gasteiger partial charge in [-0.1, -0.05) is 24.3 Å². The minimum Gasteiger partial charge on any atom is -0.377 e. The Morgan fingerprint density at radius 2 is 2.12 bits per heavy atom. The van der Waals surface area contributed by atoms with Crippen molar-refractivity contribution in [2.75, 3.05) is 13.7 Å². The predicted octanol–water partition coefficient (Wildman–Crippen LogP) is 2.73. The molecule has 0 bridgehead atoms. The minimum atomic E-state index is 0.319. The van der Waals surface area contributed by atoms with Gasteiger partial charge in [0.05, 0.1) is 12.7 Å². The maximum atomic E-state index is 5.69. The maximum absolute atomic E-state index is 5.69. The van der Waals surface area contributed by atoms with Crippen LogP contribution >= 0.6 is 0 Å². The van der Waals surface area contributed by atoms with Gasteiger partial charge in [0.1, 0.15) is 0 Å². The second kappa shape index (κ2) is 5.65. The van der Waals surface area contributed by atoms with Crippen LogP contribution in [0.25, 0.3) is 0 Å². The summed E-state index contributed by atoms with van der Waals surface area (Å²) in [6.45, 7) is 4.99. The number of benzene rings is 1. The van der Waals surface area contributed by atoms with E-state index >= 15 is 0 Å². The van der Waals surface area contributed by atoms with Crippen LogP contribution in [0.2, 0.25) is 0 Å². The third-order valence-electron chi connectivity index (χ3n) is 3.57. The molecule has 1 aliphatic rings. The van der Waals surface area contributed by atoms with Crippen LogP contribution in [0.3, 0.4) is 0 Å². The van der Waals surface area contributed by atoms with Crippen LogP contribution in [0.15, 0.2) is 24.3 Å². The highest BCUT2D eigenvalue weighted by Crippen LogP contribution is 2.37. The van der Waals surface area contributed by atoms with Crippen molar-refractivity contribution in [1.29, 1.82) is 0 Å². The highest BCUT2D eigenvalue weighted by atomic mass is 16.5. The van der Waals surface area contributed by atoms with Crippen molar-refractivity contribution in [1.82, 2.24) is 5.32 Å². The van der Waals surface area contributed by atoms with Gasteiger partial charge in [0.25, 0.3) is 0 Å². The third kappa shape index (κ3) is 3.08. The zero-order valence-corrected chi connectivity index (χ0v) is 11.1. The Balaban J connectivity index is 1.85. The fourth-order valence-corrected chi connectivity index (χ4v) is 2.49. The number of likely N-dealkylation sites (N-methyl/N-ethyl adjacent to an activating group) is 1. The Morgan fingerprint density at radius 3 is 2.76 bits per heavy atom. The Hall–Kier alpha value is -0.860. The van der Waals surface area contributed by atoms with Crippen LogP contribution in [0.5, 0.6) is 0 Å². The molecule has 0 spiro atoms. The molecule has 2 atom stereocenters. The van der Waals surface area contributed by atoms with Gasteiger partial charge in [-0.3, -0.25) is 0 Å². The Labute approximate surface area is 104 Å². The van der Waals surface area contributed by atoms with Crippen LogP contribution < -0.4 is 5.32 Å². The standard InChI is InChI=1S/C15H23NO/c1-11(2)17-10-14(16-3)9-13-8-12-6-4-5-7-15(12)13/h4-7,11,13-14,16H,8-10H2,1-3H3. The lowest BCUT2D eigenvalue weighted by Gasteiger charge is -2.33. The highest BCUT2D eigenvalue weighted by Gasteiger charge is 2.27. The molecule has 0 heterocycles. The van der Waals surface area contributed by atoms with E-state index in [0.717, 1.165) is 12.5 Å². The van der Waals surface area contributed by atoms with E-state index in [1.165, 1.54) is 24.0 Å². The molecular formula is C15H23NO. The minimum absolute atomic E-state index is 0.319. The summed E-state index contributed by atoms with van der Waals surface area (Å²) < 4.78 is 5.69. The second-order valence-electron chi connectivity index (χ2n) is 5.20. The summed E-state index contributed by atoms with van der Waals surface area (Å²) >= 11 is 0. The highest BCUT2D eigenvalue weighted by molar-refractivity contribution is 5.39. The molecule has 1 aromatic carbocycles. The molecule has 17 heavy (non-hydrogen) atoms. The molecule has 0 radical (unpaired) electrons. The van der Waals surface area contributed by atoms with E-state index in [1.807, 2.05) is 7.05 Å². The van der Waals surface area contributed by atoms with Gasteiger partial charge in [0, 0.05) is 6.04 Å². The van der Waals surface area contributed by atoms with Gasteiger partial charge in [-0.2, -0.15) is 0 Å². The van der Waals surface area contributed by atoms with Crippen molar-refractivity contribution in [3.8, 4) is 0 Å². The molecule has 0 aliphatic heterocycles. The van der Waals surface area contributed by atoms with Crippen molar-refractivity contribution in [2.45, 2.75) is 44.8 Å². The van der Waals surface area contributed by atoms with Crippen molar-refractivity contribution in [2.24, 2.45) is 0 Å². The van der Waals surface area contributed by atoms with Crippen molar-refractivity contribution in [3.05, 3.63) is 35.4 Å². The average molecular weight is 233 g/mol. The number of nitrogens with one attached hydrogen (secondary N) is 1. The molecule has 94 valence electrons. The van der Waals surface area contributed by atoms with Gasteiger partial charge in [0.2, 0.25) is 0 Å². The molecule has 2 nitrogen and oxygen atoms in total. The van der Waals surface area contributed by atoms with Crippen LogP contribution in [-0.2, 0) is 11.2 Å². The molecule has 2 heteroatoms. The van der Waals surface area contributed by atoms with Gasteiger partial charge in [0.15, 0.2) is 0 Å². The van der Waals surface area contributed by atoms with Crippen LogP contribution in [0.1, 0.15) is 37.3 Å². The van der Waals surface area contributed by atoms with Gasteiger partial charge in [-0.05, 0) is 50.8 Å². The lowest BCUT2D eigenvalue weighted by Crippen LogP contribution is -2.35. The van der Waals surface area contributed by atoms with Crippen LogP contribution in [-0.4, -0.2) is 25.8 Å². The summed E-state index contributed by atoms with van der Waals surface area (Å²) in [5.74, 6) is 0.722.